The highest BCUT2D eigenvalue weighted by Crippen LogP contribution is 2.21. The van der Waals surface area contributed by atoms with Gasteiger partial charge >= 0.3 is 0 Å². The van der Waals surface area contributed by atoms with Crippen molar-refractivity contribution >= 4 is 0 Å². The first kappa shape index (κ1) is 28.1. The standard InChI is InChI=1S/C31H47NO2/c1-3-5-6-7-8-9-10-11-12-16-26-34-30-22-23-31(32-27-30)29-20-18-28(19-21-29)17-14-13-15-25-33-24-4-2/h10-11,18-23,27H,3-9,12-17,24-26H2,1-2H3. The van der Waals surface area contributed by atoms with Crippen LogP contribution in [0.4, 0.5) is 0 Å². The molecule has 2 aromatic rings. The monoisotopic (exact) mass is 465 g/mol. The maximum atomic E-state index is 5.87. The van der Waals surface area contributed by atoms with Crippen LogP contribution in [0.2, 0.25) is 0 Å². The van der Waals surface area contributed by atoms with Crippen LogP contribution < -0.4 is 4.74 Å². The molecule has 0 N–H and O–H groups in total. The highest BCUT2D eigenvalue weighted by atomic mass is 16.5. The number of hydrogen-bond acceptors (Lipinski definition) is 3. The fraction of sp³-hybridized carbons (Fsp3) is 0.581. The summed E-state index contributed by atoms with van der Waals surface area (Å²) in [6.07, 6.45) is 22.4. The summed E-state index contributed by atoms with van der Waals surface area (Å²) in [6.45, 7) is 6.94. The van der Waals surface area contributed by atoms with E-state index in [-0.39, 0.29) is 0 Å². The van der Waals surface area contributed by atoms with Crippen molar-refractivity contribution in [2.24, 2.45) is 0 Å². The van der Waals surface area contributed by atoms with Gasteiger partial charge in [-0.2, -0.15) is 0 Å². The van der Waals surface area contributed by atoms with E-state index in [0.29, 0.717) is 0 Å². The van der Waals surface area contributed by atoms with Crippen LogP contribution in [0.3, 0.4) is 0 Å². The van der Waals surface area contributed by atoms with Crippen LogP contribution in [0.25, 0.3) is 11.3 Å². The second-order valence-electron chi connectivity index (χ2n) is 9.16. The number of rotatable bonds is 20. The fourth-order valence-corrected chi connectivity index (χ4v) is 3.93. The highest BCUT2D eigenvalue weighted by Gasteiger charge is 2.02. The molecule has 3 nitrogen and oxygen atoms in total. The Labute approximate surface area is 209 Å². The number of hydrogen-bond donors (Lipinski definition) is 0. The van der Waals surface area contributed by atoms with Crippen molar-refractivity contribution in [2.45, 2.75) is 97.3 Å². The van der Waals surface area contributed by atoms with E-state index in [1.165, 1.54) is 56.9 Å². The van der Waals surface area contributed by atoms with Gasteiger partial charge in [0.2, 0.25) is 0 Å². The fourth-order valence-electron chi connectivity index (χ4n) is 3.93. The average Bonchev–Trinajstić information content (AvgIpc) is 2.87. The zero-order valence-corrected chi connectivity index (χ0v) is 21.8. The molecule has 0 spiro atoms. The van der Waals surface area contributed by atoms with E-state index < -0.39 is 0 Å². The molecular weight excluding hydrogens is 418 g/mol. The highest BCUT2D eigenvalue weighted by molar-refractivity contribution is 5.59. The van der Waals surface area contributed by atoms with Crippen molar-refractivity contribution < 1.29 is 9.47 Å². The molecule has 0 amide bonds. The number of unbranched alkanes of at least 4 members (excludes halogenated alkanes) is 8. The first-order valence-electron chi connectivity index (χ1n) is 13.7. The Bertz CT molecular complexity index is 752. The zero-order chi connectivity index (χ0) is 24.1. The quantitative estimate of drug-likeness (QED) is 0.144. The topological polar surface area (TPSA) is 31.4 Å². The summed E-state index contributed by atoms with van der Waals surface area (Å²) in [7, 11) is 0. The molecule has 1 aromatic carbocycles. The minimum absolute atomic E-state index is 0.737. The van der Waals surface area contributed by atoms with Crippen LogP contribution in [-0.4, -0.2) is 24.8 Å². The van der Waals surface area contributed by atoms with Gasteiger partial charge in [0.1, 0.15) is 5.75 Å². The number of allylic oxidation sites excluding steroid dienone is 2. The molecule has 0 aliphatic rings. The van der Waals surface area contributed by atoms with Gasteiger partial charge in [0, 0.05) is 18.8 Å². The normalized spacial score (nSPS) is 11.4. The Morgan fingerprint density at radius 3 is 2.18 bits per heavy atom. The first-order chi connectivity index (χ1) is 16.8. The SMILES string of the molecule is CCCCCCCC=CCCCOc1ccc(-c2ccc(CCCCCOCCC)cc2)nc1. The summed E-state index contributed by atoms with van der Waals surface area (Å²) in [5.41, 5.74) is 3.54. The van der Waals surface area contributed by atoms with E-state index in [2.05, 4.69) is 61.3 Å². The van der Waals surface area contributed by atoms with Crippen LogP contribution in [0, 0.1) is 0 Å². The van der Waals surface area contributed by atoms with Crippen molar-refractivity contribution in [2.75, 3.05) is 19.8 Å². The van der Waals surface area contributed by atoms with Crippen molar-refractivity contribution in [3.8, 4) is 17.0 Å². The summed E-state index contributed by atoms with van der Waals surface area (Å²) in [4.78, 5) is 4.61. The second kappa shape index (κ2) is 19.2. The van der Waals surface area contributed by atoms with Crippen LogP contribution in [0.1, 0.15) is 96.5 Å². The summed E-state index contributed by atoms with van der Waals surface area (Å²) in [5, 5.41) is 0. The van der Waals surface area contributed by atoms with Crippen LogP contribution >= 0.6 is 0 Å². The minimum Gasteiger partial charge on any atom is -0.492 e. The predicted octanol–water partition coefficient (Wildman–Crippen LogP) is 8.96. The molecule has 0 aliphatic carbocycles. The van der Waals surface area contributed by atoms with Crippen molar-refractivity contribution in [3.05, 3.63) is 60.3 Å². The molecule has 2 rings (SSSR count). The van der Waals surface area contributed by atoms with Crippen LogP contribution in [-0.2, 0) is 11.2 Å². The van der Waals surface area contributed by atoms with E-state index in [1.54, 1.807) is 0 Å². The lowest BCUT2D eigenvalue weighted by Crippen LogP contribution is -1.97. The molecule has 0 fully saturated rings. The zero-order valence-electron chi connectivity index (χ0n) is 21.8. The van der Waals surface area contributed by atoms with Crippen molar-refractivity contribution in [1.29, 1.82) is 0 Å². The maximum Gasteiger partial charge on any atom is 0.137 e. The summed E-state index contributed by atoms with van der Waals surface area (Å²) in [5.74, 6) is 0.850. The van der Waals surface area contributed by atoms with E-state index in [1.807, 2.05) is 12.3 Å². The van der Waals surface area contributed by atoms with Crippen LogP contribution in [0.15, 0.2) is 54.7 Å². The molecule has 3 heteroatoms. The maximum absolute atomic E-state index is 5.87. The van der Waals surface area contributed by atoms with Gasteiger partial charge in [0.15, 0.2) is 0 Å². The molecule has 0 aliphatic heterocycles. The van der Waals surface area contributed by atoms with E-state index in [4.69, 9.17) is 9.47 Å². The summed E-state index contributed by atoms with van der Waals surface area (Å²) < 4.78 is 11.4. The summed E-state index contributed by atoms with van der Waals surface area (Å²) in [6, 6.07) is 12.9. The van der Waals surface area contributed by atoms with Crippen molar-refractivity contribution in [1.82, 2.24) is 4.98 Å². The first-order valence-corrected chi connectivity index (χ1v) is 13.7. The molecule has 34 heavy (non-hydrogen) atoms. The largest absolute Gasteiger partial charge is 0.492 e. The molecule has 0 radical (unpaired) electrons. The molecule has 0 unspecified atom stereocenters. The van der Waals surface area contributed by atoms with E-state index in [0.717, 1.165) is 68.9 Å². The van der Waals surface area contributed by atoms with Crippen molar-refractivity contribution in [3.63, 3.8) is 0 Å². The number of ether oxygens (including phenoxy) is 2. The Hall–Kier alpha value is -2.13. The van der Waals surface area contributed by atoms with Gasteiger partial charge in [-0.05, 0) is 69.1 Å². The Balaban J connectivity index is 1.59. The molecule has 188 valence electrons. The van der Waals surface area contributed by atoms with Crippen LogP contribution in [0.5, 0.6) is 5.75 Å². The minimum atomic E-state index is 0.737. The molecule has 1 heterocycles. The number of nitrogens with zero attached hydrogens (tertiary/aromatic N) is 1. The number of aromatic nitrogens is 1. The van der Waals surface area contributed by atoms with Gasteiger partial charge in [-0.15, -0.1) is 0 Å². The third-order valence-corrected chi connectivity index (χ3v) is 6.01. The number of aryl methyl sites for hydroxylation is 1. The Kier molecular flexibility index (Phi) is 15.9. The van der Waals surface area contributed by atoms with Gasteiger partial charge in [0.05, 0.1) is 18.5 Å². The molecule has 0 saturated heterocycles. The second-order valence-corrected chi connectivity index (χ2v) is 9.16. The molecule has 0 saturated carbocycles. The lowest BCUT2D eigenvalue weighted by molar-refractivity contribution is 0.130. The lowest BCUT2D eigenvalue weighted by atomic mass is 10.0. The van der Waals surface area contributed by atoms with E-state index >= 15 is 0 Å². The molecular formula is C31H47NO2. The van der Waals surface area contributed by atoms with Gasteiger partial charge in [-0.25, -0.2) is 0 Å². The van der Waals surface area contributed by atoms with Gasteiger partial charge in [-0.3, -0.25) is 4.98 Å². The smallest absolute Gasteiger partial charge is 0.137 e. The average molecular weight is 466 g/mol. The van der Waals surface area contributed by atoms with E-state index in [9.17, 15) is 0 Å². The predicted molar refractivity (Wildman–Crippen MR) is 146 cm³/mol. The van der Waals surface area contributed by atoms with Gasteiger partial charge < -0.3 is 9.47 Å². The lowest BCUT2D eigenvalue weighted by Gasteiger charge is -2.07. The third-order valence-electron chi connectivity index (χ3n) is 6.01. The van der Waals surface area contributed by atoms with Gasteiger partial charge in [-0.1, -0.05) is 82.4 Å². The van der Waals surface area contributed by atoms with Gasteiger partial charge in [0.25, 0.3) is 0 Å². The third kappa shape index (κ3) is 12.9. The number of benzene rings is 1. The molecule has 0 atom stereocenters. The Morgan fingerprint density at radius 2 is 1.44 bits per heavy atom. The Morgan fingerprint density at radius 1 is 0.676 bits per heavy atom. The number of pyridine rings is 1. The molecule has 1 aromatic heterocycles. The summed E-state index contributed by atoms with van der Waals surface area (Å²) >= 11 is 0. The molecule has 0 bridgehead atoms.